The molecular formula is C13H24N4O2. The summed E-state index contributed by atoms with van der Waals surface area (Å²) in [7, 11) is 2.00. The summed E-state index contributed by atoms with van der Waals surface area (Å²) in [4.78, 5) is 23.9. The molecule has 0 amide bonds. The standard InChI is InChI=1S/C13H24N4O2/c1-14-11-4-5-13(9-15-18,10-16-19)8-12(11)17-6-2-3-7-17/h11-12,14H,2-10H2,1H3/t11-,12-/m1/s1. The molecule has 1 N–H and O–H groups in total. The minimum Gasteiger partial charge on any atom is -0.315 e. The number of rotatable bonds is 6. The smallest absolute Gasteiger partial charge is 0.0886 e. The summed E-state index contributed by atoms with van der Waals surface area (Å²) in [5.74, 6) is 0. The predicted octanol–water partition coefficient (Wildman–Crippen LogP) is 1.74. The zero-order chi connectivity index (χ0) is 13.7. The van der Waals surface area contributed by atoms with Gasteiger partial charge in [0.2, 0.25) is 0 Å². The molecule has 19 heavy (non-hydrogen) atoms. The van der Waals surface area contributed by atoms with Gasteiger partial charge in [-0.15, -0.1) is 0 Å². The zero-order valence-electron chi connectivity index (χ0n) is 11.7. The summed E-state index contributed by atoms with van der Waals surface area (Å²) >= 11 is 0. The molecule has 1 aliphatic heterocycles. The van der Waals surface area contributed by atoms with Gasteiger partial charge in [0.15, 0.2) is 0 Å². The number of hydrogen-bond acceptors (Lipinski definition) is 6. The van der Waals surface area contributed by atoms with E-state index in [2.05, 4.69) is 20.6 Å². The van der Waals surface area contributed by atoms with Crippen molar-refractivity contribution < 1.29 is 0 Å². The maximum atomic E-state index is 10.7. The van der Waals surface area contributed by atoms with Crippen molar-refractivity contribution in [3.63, 3.8) is 0 Å². The molecule has 2 fully saturated rings. The fourth-order valence-corrected chi connectivity index (χ4v) is 3.75. The highest BCUT2D eigenvalue weighted by atomic mass is 16.3. The van der Waals surface area contributed by atoms with Gasteiger partial charge in [-0.25, -0.2) is 0 Å². The van der Waals surface area contributed by atoms with Crippen LogP contribution in [0.2, 0.25) is 0 Å². The van der Waals surface area contributed by atoms with Gasteiger partial charge in [-0.1, -0.05) is 10.4 Å². The van der Waals surface area contributed by atoms with Crippen LogP contribution in [-0.2, 0) is 0 Å². The normalized spacial score (nSPS) is 31.2. The first-order chi connectivity index (χ1) is 9.24. The first kappa shape index (κ1) is 14.5. The molecule has 1 aliphatic carbocycles. The van der Waals surface area contributed by atoms with Crippen molar-refractivity contribution in [1.82, 2.24) is 10.2 Å². The molecule has 0 spiro atoms. The van der Waals surface area contributed by atoms with E-state index in [9.17, 15) is 9.81 Å². The summed E-state index contributed by atoms with van der Waals surface area (Å²) in [5.41, 5.74) is -0.301. The van der Waals surface area contributed by atoms with Gasteiger partial charge in [-0.3, -0.25) is 4.90 Å². The molecule has 0 unspecified atom stereocenters. The number of nitrogens with zero attached hydrogens (tertiary/aromatic N) is 3. The van der Waals surface area contributed by atoms with Crippen LogP contribution in [0.15, 0.2) is 10.4 Å². The minimum absolute atomic E-state index is 0.222. The molecule has 1 heterocycles. The van der Waals surface area contributed by atoms with Crippen LogP contribution < -0.4 is 5.32 Å². The second-order valence-electron chi connectivity index (χ2n) is 6.02. The van der Waals surface area contributed by atoms with E-state index < -0.39 is 0 Å². The van der Waals surface area contributed by atoms with E-state index in [1.165, 1.54) is 12.8 Å². The molecule has 0 aromatic heterocycles. The molecular weight excluding hydrogens is 244 g/mol. The molecule has 1 saturated heterocycles. The van der Waals surface area contributed by atoms with E-state index in [1.54, 1.807) is 0 Å². The van der Waals surface area contributed by atoms with Crippen LogP contribution in [0.1, 0.15) is 32.1 Å². The maximum Gasteiger partial charge on any atom is 0.0886 e. The van der Waals surface area contributed by atoms with E-state index in [1.807, 2.05) is 7.05 Å². The largest absolute Gasteiger partial charge is 0.315 e. The second kappa shape index (κ2) is 6.52. The lowest BCUT2D eigenvalue weighted by Crippen LogP contribution is -2.55. The Labute approximate surface area is 114 Å². The fraction of sp³-hybridized carbons (Fsp3) is 1.00. The highest BCUT2D eigenvalue weighted by Crippen LogP contribution is 2.40. The molecule has 0 radical (unpaired) electrons. The van der Waals surface area contributed by atoms with Crippen LogP contribution >= 0.6 is 0 Å². The molecule has 0 aromatic carbocycles. The second-order valence-corrected chi connectivity index (χ2v) is 6.02. The lowest BCUT2D eigenvalue weighted by Gasteiger charge is -2.45. The lowest BCUT2D eigenvalue weighted by atomic mass is 9.69. The van der Waals surface area contributed by atoms with Gasteiger partial charge in [0.25, 0.3) is 0 Å². The van der Waals surface area contributed by atoms with Crippen molar-refractivity contribution in [2.75, 3.05) is 33.2 Å². The Kier molecular flexibility index (Phi) is 4.99. The maximum absolute atomic E-state index is 10.7. The van der Waals surface area contributed by atoms with Crippen LogP contribution in [0.5, 0.6) is 0 Å². The average molecular weight is 268 g/mol. The van der Waals surface area contributed by atoms with Gasteiger partial charge in [0, 0.05) is 17.5 Å². The third-order valence-corrected chi connectivity index (χ3v) is 4.87. The Balaban J connectivity index is 2.12. The van der Waals surface area contributed by atoms with Crippen LogP contribution in [0.3, 0.4) is 0 Å². The number of likely N-dealkylation sites (N-methyl/N-ethyl adjacent to an activating group) is 1. The van der Waals surface area contributed by atoms with E-state index in [-0.39, 0.29) is 18.5 Å². The van der Waals surface area contributed by atoms with Crippen LogP contribution in [0.4, 0.5) is 0 Å². The van der Waals surface area contributed by atoms with E-state index in [4.69, 9.17) is 0 Å². The summed E-state index contributed by atoms with van der Waals surface area (Å²) in [6.07, 6.45) is 5.20. The van der Waals surface area contributed by atoms with Gasteiger partial charge in [-0.2, -0.15) is 9.81 Å². The minimum atomic E-state index is -0.301. The third kappa shape index (κ3) is 3.17. The predicted molar refractivity (Wildman–Crippen MR) is 75.1 cm³/mol. The van der Waals surface area contributed by atoms with Crippen LogP contribution in [0.25, 0.3) is 0 Å². The van der Waals surface area contributed by atoms with Crippen molar-refractivity contribution in [1.29, 1.82) is 0 Å². The monoisotopic (exact) mass is 268 g/mol. The summed E-state index contributed by atoms with van der Waals surface area (Å²) in [5, 5.41) is 9.54. The number of likely N-dealkylation sites (tertiary alicyclic amines) is 1. The van der Waals surface area contributed by atoms with Crippen molar-refractivity contribution in [2.45, 2.75) is 44.2 Å². The Hall–Kier alpha value is -0.880. The quantitative estimate of drug-likeness (QED) is 0.745. The van der Waals surface area contributed by atoms with Gasteiger partial charge in [0.05, 0.1) is 13.1 Å². The highest BCUT2D eigenvalue weighted by Gasteiger charge is 2.43. The Morgan fingerprint density at radius 3 is 2.37 bits per heavy atom. The molecule has 2 rings (SSSR count). The van der Waals surface area contributed by atoms with Gasteiger partial charge >= 0.3 is 0 Å². The van der Waals surface area contributed by atoms with Gasteiger partial charge in [0.1, 0.15) is 0 Å². The fourth-order valence-electron chi connectivity index (χ4n) is 3.75. The summed E-state index contributed by atoms with van der Waals surface area (Å²) in [6, 6.07) is 0.856. The third-order valence-electron chi connectivity index (χ3n) is 4.87. The molecule has 108 valence electrons. The first-order valence-corrected chi connectivity index (χ1v) is 7.24. The van der Waals surface area contributed by atoms with Crippen molar-refractivity contribution in [3.8, 4) is 0 Å². The molecule has 6 heteroatoms. The first-order valence-electron chi connectivity index (χ1n) is 7.24. The number of hydrogen-bond donors (Lipinski definition) is 1. The molecule has 2 aliphatic rings. The van der Waals surface area contributed by atoms with E-state index in [0.717, 1.165) is 32.4 Å². The van der Waals surface area contributed by atoms with Crippen LogP contribution in [-0.4, -0.2) is 50.2 Å². The Bertz CT molecular complexity index is 306. The van der Waals surface area contributed by atoms with Gasteiger partial charge in [-0.05, 0) is 52.2 Å². The van der Waals surface area contributed by atoms with Crippen molar-refractivity contribution in [2.24, 2.45) is 15.8 Å². The Morgan fingerprint density at radius 1 is 1.21 bits per heavy atom. The van der Waals surface area contributed by atoms with E-state index >= 15 is 0 Å². The lowest BCUT2D eigenvalue weighted by molar-refractivity contribution is 0.0722. The molecule has 0 bridgehead atoms. The van der Waals surface area contributed by atoms with Crippen LogP contribution in [0, 0.1) is 15.2 Å². The molecule has 6 nitrogen and oxygen atoms in total. The zero-order valence-corrected chi connectivity index (χ0v) is 11.7. The topological polar surface area (TPSA) is 74.1 Å². The number of nitrogens with one attached hydrogen (secondary N) is 1. The van der Waals surface area contributed by atoms with Gasteiger partial charge < -0.3 is 5.32 Å². The molecule has 0 aromatic rings. The highest BCUT2D eigenvalue weighted by molar-refractivity contribution is 5.00. The molecule has 2 atom stereocenters. The van der Waals surface area contributed by atoms with E-state index in [0.29, 0.717) is 12.1 Å². The summed E-state index contributed by atoms with van der Waals surface area (Å²) < 4.78 is 0. The molecule has 1 saturated carbocycles. The van der Waals surface area contributed by atoms with Crippen molar-refractivity contribution >= 4 is 0 Å². The average Bonchev–Trinajstić information content (AvgIpc) is 2.93. The summed E-state index contributed by atoms with van der Waals surface area (Å²) in [6.45, 7) is 2.70. The Morgan fingerprint density at radius 2 is 1.84 bits per heavy atom. The number of nitroso groups, excluding NO2 is 2. The van der Waals surface area contributed by atoms with Crippen molar-refractivity contribution in [3.05, 3.63) is 9.81 Å². The SMILES string of the molecule is CN[C@@H]1CCC(CN=O)(CN=O)C[C@H]1N1CCCC1.